The third kappa shape index (κ3) is 7.57. The zero-order chi connectivity index (χ0) is 24.8. The Bertz CT molecular complexity index is 762. The summed E-state index contributed by atoms with van der Waals surface area (Å²) in [6.45, 7) is 17.2. The fourth-order valence-corrected chi connectivity index (χ4v) is 11.5. The van der Waals surface area contributed by atoms with Crippen molar-refractivity contribution < 1.29 is 23.5 Å². The molecule has 1 fully saturated rings. The van der Waals surface area contributed by atoms with Gasteiger partial charge in [0, 0.05) is 18.2 Å². The lowest BCUT2D eigenvalue weighted by Crippen LogP contribution is -2.50. The number of hydrogen-bond acceptors (Lipinski definition) is 6. The topological polar surface area (TPSA) is 73.9 Å². The van der Waals surface area contributed by atoms with Crippen molar-refractivity contribution in [3.63, 3.8) is 0 Å². The number of esters is 1. The van der Waals surface area contributed by atoms with Crippen LogP contribution >= 0.6 is 11.8 Å². The molecule has 1 N–H and O–H groups in total. The number of carbonyl (C=O) groups excluding carboxylic acids is 2. The van der Waals surface area contributed by atoms with E-state index in [4.69, 9.17) is 13.9 Å². The van der Waals surface area contributed by atoms with Crippen LogP contribution < -0.4 is 5.32 Å². The molecule has 0 aliphatic carbocycles. The van der Waals surface area contributed by atoms with E-state index in [0.29, 0.717) is 29.7 Å². The molecule has 0 bridgehead atoms. The van der Waals surface area contributed by atoms with E-state index in [2.05, 4.69) is 78.0 Å². The monoisotopic (exact) mass is 495 g/mol. The minimum Gasteiger partial charge on any atom is -0.458 e. The first-order valence-corrected chi connectivity index (χ1v) is 14.9. The number of amides is 1. The van der Waals surface area contributed by atoms with E-state index in [9.17, 15) is 9.59 Å². The maximum Gasteiger partial charge on any atom is 0.325 e. The summed E-state index contributed by atoms with van der Waals surface area (Å²) >= 11 is 1.64. The van der Waals surface area contributed by atoms with Gasteiger partial charge in [-0.2, -0.15) is 0 Å². The first-order valence-electron chi connectivity index (χ1n) is 11.9. The van der Waals surface area contributed by atoms with E-state index in [0.717, 1.165) is 4.90 Å². The third-order valence-corrected chi connectivity index (χ3v) is 13.6. The average Bonchev–Trinajstić information content (AvgIpc) is 3.08. The Labute approximate surface area is 204 Å². The quantitative estimate of drug-likeness (QED) is 0.325. The number of thioether (sulfide) groups is 1. The van der Waals surface area contributed by atoms with Gasteiger partial charge in [0.2, 0.25) is 5.91 Å². The molecule has 8 heteroatoms. The molecular weight excluding hydrogens is 454 g/mol. The largest absolute Gasteiger partial charge is 0.458 e. The minimum absolute atomic E-state index is 0.131. The van der Waals surface area contributed by atoms with Gasteiger partial charge < -0.3 is 19.2 Å². The van der Waals surface area contributed by atoms with Crippen molar-refractivity contribution in [3.05, 3.63) is 29.8 Å². The molecule has 1 aliphatic rings. The molecule has 1 amide bonds. The number of hydrogen-bond donors (Lipinski definition) is 1. The van der Waals surface area contributed by atoms with Crippen molar-refractivity contribution in [3.8, 4) is 0 Å². The number of ether oxygens (including phenoxy) is 2. The molecule has 0 radical (unpaired) electrons. The molecular formula is C25H41NO5SSi. The molecule has 1 aromatic carbocycles. The summed E-state index contributed by atoms with van der Waals surface area (Å²) in [5.74, 6) is -0.714. The van der Waals surface area contributed by atoms with Gasteiger partial charge in [-0.15, -0.1) is 0 Å². The molecule has 3 atom stereocenters. The lowest BCUT2D eigenvalue weighted by Gasteiger charge is -2.43. The second kappa shape index (κ2) is 12.4. The maximum atomic E-state index is 12.3. The van der Waals surface area contributed by atoms with E-state index in [-0.39, 0.29) is 24.0 Å². The average molecular weight is 496 g/mol. The standard InChI is InChI=1S/C25H41NO5SSi/c1-16(2)33(17(3)4,18(5)6)29-15-23-22(30-24(28)14-26-20(8)27)13-25(31-23)32-21-11-9-19(7)10-12-21/h9-12,16-18,22-23,25H,13-15H2,1-8H3,(H,26,27)/t22-,23+,25-/m0/s1. The lowest BCUT2D eigenvalue weighted by atomic mass is 10.2. The van der Waals surface area contributed by atoms with Gasteiger partial charge in [0.1, 0.15) is 24.2 Å². The SMILES string of the molecule is CC(=O)NCC(=O)O[C@H]1C[C@H](Sc2ccc(C)cc2)O[C@@H]1CO[Si](C(C)C)(C(C)C)C(C)C. The predicted molar refractivity (Wildman–Crippen MR) is 136 cm³/mol. The number of carbonyl (C=O) groups is 2. The summed E-state index contributed by atoms with van der Waals surface area (Å²) in [6.07, 6.45) is -0.164. The highest BCUT2D eigenvalue weighted by Crippen LogP contribution is 2.43. The van der Waals surface area contributed by atoms with Crippen molar-refractivity contribution >= 4 is 32.0 Å². The third-order valence-electron chi connectivity index (χ3n) is 6.42. The van der Waals surface area contributed by atoms with Gasteiger partial charge in [-0.25, -0.2) is 0 Å². The second-order valence-corrected chi connectivity index (χ2v) is 16.5. The first kappa shape index (κ1) is 27.9. The van der Waals surface area contributed by atoms with Crippen LogP contribution in [0.5, 0.6) is 0 Å². The number of aryl methyl sites for hydroxylation is 1. The molecule has 33 heavy (non-hydrogen) atoms. The smallest absolute Gasteiger partial charge is 0.325 e. The van der Waals surface area contributed by atoms with Crippen molar-refractivity contribution in [2.24, 2.45) is 0 Å². The molecule has 6 nitrogen and oxygen atoms in total. The van der Waals surface area contributed by atoms with Crippen LogP contribution in [-0.4, -0.2) is 51.0 Å². The molecule has 1 saturated heterocycles. The van der Waals surface area contributed by atoms with Crippen LogP contribution in [0.2, 0.25) is 16.6 Å². The normalized spacial score (nSPS) is 21.1. The van der Waals surface area contributed by atoms with Crippen LogP contribution in [0.25, 0.3) is 0 Å². The Hall–Kier alpha value is -1.35. The first-order chi connectivity index (χ1) is 15.5. The van der Waals surface area contributed by atoms with Gasteiger partial charge in [-0.3, -0.25) is 9.59 Å². The Balaban J connectivity index is 2.14. The highest BCUT2D eigenvalue weighted by molar-refractivity contribution is 7.99. The van der Waals surface area contributed by atoms with Gasteiger partial charge in [-0.1, -0.05) is 71.0 Å². The van der Waals surface area contributed by atoms with Gasteiger partial charge in [0.05, 0.1) is 6.61 Å². The molecule has 2 rings (SSSR count). The van der Waals surface area contributed by atoms with Gasteiger partial charge in [0.25, 0.3) is 0 Å². The predicted octanol–water partition coefficient (Wildman–Crippen LogP) is 5.44. The van der Waals surface area contributed by atoms with E-state index >= 15 is 0 Å². The van der Waals surface area contributed by atoms with E-state index in [1.807, 2.05) is 0 Å². The Morgan fingerprint density at radius 3 is 2.18 bits per heavy atom. The van der Waals surface area contributed by atoms with Crippen LogP contribution in [0.3, 0.4) is 0 Å². The number of nitrogens with one attached hydrogen (secondary N) is 1. The number of benzene rings is 1. The van der Waals surface area contributed by atoms with Crippen molar-refractivity contribution in [2.45, 2.75) is 101 Å². The van der Waals surface area contributed by atoms with Crippen molar-refractivity contribution in [1.82, 2.24) is 5.32 Å². The summed E-state index contributed by atoms with van der Waals surface area (Å²) in [4.78, 5) is 24.6. The molecule has 0 unspecified atom stereocenters. The minimum atomic E-state index is -2.08. The Kier molecular flexibility index (Phi) is 10.5. The molecule has 0 aromatic heterocycles. The van der Waals surface area contributed by atoms with Crippen LogP contribution in [0.1, 0.15) is 60.5 Å². The second-order valence-electron chi connectivity index (χ2n) is 9.84. The zero-order valence-corrected chi connectivity index (χ0v) is 23.2. The van der Waals surface area contributed by atoms with E-state index < -0.39 is 20.4 Å². The molecule has 0 saturated carbocycles. The van der Waals surface area contributed by atoms with Crippen LogP contribution in [-0.2, 0) is 23.5 Å². The van der Waals surface area contributed by atoms with Crippen LogP contribution in [0.15, 0.2) is 29.2 Å². The summed E-state index contributed by atoms with van der Waals surface area (Å²) in [6, 6.07) is 8.33. The van der Waals surface area contributed by atoms with Crippen molar-refractivity contribution in [2.75, 3.05) is 13.2 Å². The Morgan fingerprint density at radius 2 is 1.67 bits per heavy atom. The summed E-state index contributed by atoms with van der Waals surface area (Å²) < 4.78 is 18.9. The summed E-state index contributed by atoms with van der Waals surface area (Å²) in [5, 5.41) is 2.51. The molecule has 1 aromatic rings. The molecule has 1 aliphatic heterocycles. The van der Waals surface area contributed by atoms with Crippen LogP contribution in [0, 0.1) is 6.92 Å². The van der Waals surface area contributed by atoms with Gasteiger partial charge >= 0.3 is 5.97 Å². The van der Waals surface area contributed by atoms with E-state index in [1.54, 1.807) is 11.8 Å². The highest BCUT2D eigenvalue weighted by atomic mass is 32.2. The fraction of sp³-hybridized carbons (Fsp3) is 0.680. The van der Waals surface area contributed by atoms with Crippen molar-refractivity contribution in [1.29, 1.82) is 0 Å². The maximum absolute atomic E-state index is 12.3. The number of rotatable bonds is 11. The molecule has 1 heterocycles. The highest BCUT2D eigenvalue weighted by Gasteiger charge is 2.47. The van der Waals surface area contributed by atoms with Crippen LogP contribution in [0.4, 0.5) is 0 Å². The zero-order valence-electron chi connectivity index (χ0n) is 21.3. The van der Waals surface area contributed by atoms with E-state index in [1.165, 1.54) is 12.5 Å². The van der Waals surface area contributed by atoms with Gasteiger partial charge in [-0.05, 0) is 35.7 Å². The lowest BCUT2D eigenvalue weighted by molar-refractivity contribution is -0.152. The van der Waals surface area contributed by atoms with Gasteiger partial charge in [0.15, 0.2) is 8.32 Å². The Morgan fingerprint density at radius 1 is 1.09 bits per heavy atom. The molecule has 186 valence electrons. The summed E-state index contributed by atoms with van der Waals surface area (Å²) in [7, 11) is -2.08. The fourth-order valence-electron chi connectivity index (χ4n) is 4.93. The summed E-state index contributed by atoms with van der Waals surface area (Å²) in [5.41, 5.74) is 2.44. The molecule has 0 spiro atoms.